The van der Waals surface area contributed by atoms with E-state index in [4.69, 9.17) is 16.3 Å². The van der Waals surface area contributed by atoms with Gasteiger partial charge in [-0.25, -0.2) is 14.8 Å². The maximum absolute atomic E-state index is 13.2. The molecule has 2 atom stereocenters. The number of aromatic nitrogens is 6. The van der Waals surface area contributed by atoms with Crippen molar-refractivity contribution in [1.29, 1.82) is 0 Å². The summed E-state index contributed by atoms with van der Waals surface area (Å²) in [7, 11) is 4.55. The van der Waals surface area contributed by atoms with Gasteiger partial charge in [-0.15, -0.1) is 0 Å². The minimum Gasteiger partial charge on any atom is -0.383 e. The number of hydrogen-bond donors (Lipinski definition) is 1. The molecule has 2 fully saturated rings. The molecular weight excluding hydrogens is 703 g/mol. The molecule has 2 saturated heterocycles. The number of hydrogen-bond acceptors (Lipinski definition) is 9. The number of amides is 1. The van der Waals surface area contributed by atoms with Gasteiger partial charge < -0.3 is 14.6 Å². The average Bonchev–Trinajstić information content (AvgIpc) is 3.51. The first-order valence-electron chi connectivity index (χ1n) is 17.0. The Balaban J connectivity index is 0.000000310. The summed E-state index contributed by atoms with van der Waals surface area (Å²) in [5.41, 5.74) is 1.83. The first kappa shape index (κ1) is 39.1. The van der Waals surface area contributed by atoms with Crippen LogP contribution < -0.4 is 11.2 Å². The Hall–Kier alpha value is -4.12. The molecule has 0 bridgehead atoms. The average molecular weight is 748 g/mol. The highest BCUT2D eigenvalue weighted by atomic mass is 35.5. The molecule has 4 aromatic rings. The summed E-state index contributed by atoms with van der Waals surface area (Å²) in [4.78, 5) is 57.8. The molecule has 1 amide bonds. The van der Waals surface area contributed by atoms with Crippen molar-refractivity contribution < 1.29 is 22.7 Å². The topological polar surface area (TPSA) is 134 Å². The molecule has 13 nitrogen and oxygen atoms in total. The molecule has 2 aliphatic rings. The third-order valence-electron chi connectivity index (χ3n) is 10.4. The van der Waals surface area contributed by atoms with Gasteiger partial charge in [0.2, 0.25) is 5.28 Å². The lowest BCUT2D eigenvalue weighted by Gasteiger charge is -2.52. The lowest BCUT2D eigenvalue weighted by molar-refractivity contribution is -0.137. The van der Waals surface area contributed by atoms with Crippen molar-refractivity contribution in [1.82, 2.24) is 43.8 Å². The fourth-order valence-corrected chi connectivity index (χ4v) is 7.40. The van der Waals surface area contributed by atoms with E-state index in [0.717, 1.165) is 54.7 Å². The van der Waals surface area contributed by atoms with Crippen LogP contribution in [0.15, 0.2) is 40.2 Å². The van der Waals surface area contributed by atoms with Crippen molar-refractivity contribution in [3.8, 4) is 0 Å². The van der Waals surface area contributed by atoms with Crippen LogP contribution in [0.4, 0.5) is 13.2 Å². The zero-order valence-electron chi connectivity index (χ0n) is 30.4. The highest BCUT2D eigenvalue weighted by Crippen LogP contribution is 2.35. The maximum Gasteiger partial charge on any atom is 0.416 e. The Kier molecular flexibility index (Phi) is 11.6. The minimum atomic E-state index is -4.35. The quantitative estimate of drug-likeness (QED) is 0.289. The first-order chi connectivity index (χ1) is 24.5. The number of carbonyl (C=O) groups is 1. The molecule has 5 heterocycles. The molecule has 0 radical (unpaired) electrons. The Morgan fingerprint density at radius 3 is 2.21 bits per heavy atom. The van der Waals surface area contributed by atoms with E-state index in [-0.39, 0.29) is 40.0 Å². The monoisotopic (exact) mass is 747 g/mol. The number of ether oxygens (including phenoxy) is 1. The second kappa shape index (κ2) is 15.5. The van der Waals surface area contributed by atoms with Crippen molar-refractivity contribution in [2.75, 3.05) is 46.4 Å². The van der Waals surface area contributed by atoms with Gasteiger partial charge in [-0.2, -0.15) is 18.2 Å². The highest BCUT2D eigenvalue weighted by Gasteiger charge is 2.41. The second-order valence-electron chi connectivity index (χ2n) is 13.8. The normalized spacial score (nSPS) is 19.0. The summed E-state index contributed by atoms with van der Waals surface area (Å²) in [6.07, 6.45) is -1.12. The molecule has 3 aromatic heterocycles. The number of fused-ring (bicyclic) bond motifs is 1. The number of halogens is 4. The van der Waals surface area contributed by atoms with Crippen LogP contribution in [-0.2, 0) is 25.0 Å². The number of piperidine rings is 1. The summed E-state index contributed by atoms with van der Waals surface area (Å²) in [5.74, 6) is -0.000198. The highest BCUT2D eigenvalue weighted by molar-refractivity contribution is 6.29. The molecule has 17 heteroatoms. The lowest BCUT2D eigenvalue weighted by Crippen LogP contribution is -2.62. The van der Waals surface area contributed by atoms with E-state index in [1.165, 1.54) is 25.0 Å². The van der Waals surface area contributed by atoms with Crippen LogP contribution in [0.2, 0.25) is 5.28 Å². The Labute approximate surface area is 304 Å². The van der Waals surface area contributed by atoms with E-state index in [2.05, 4.69) is 43.6 Å². The third kappa shape index (κ3) is 7.94. The number of nitrogens with one attached hydrogen (secondary N) is 1. The maximum atomic E-state index is 13.2. The van der Waals surface area contributed by atoms with E-state index in [1.54, 1.807) is 19.2 Å². The van der Waals surface area contributed by atoms with Crippen LogP contribution in [0, 0.1) is 13.8 Å². The Morgan fingerprint density at radius 2 is 1.65 bits per heavy atom. The predicted octanol–water partition coefficient (Wildman–Crippen LogP) is 4.11. The van der Waals surface area contributed by atoms with Gasteiger partial charge >= 0.3 is 11.9 Å². The number of alkyl halides is 3. The van der Waals surface area contributed by atoms with Gasteiger partial charge in [-0.3, -0.25) is 28.5 Å². The van der Waals surface area contributed by atoms with Crippen LogP contribution in [0.25, 0.3) is 11.2 Å². The van der Waals surface area contributed by atoms with E-state index < -0.39 is 23.0 Å². The third-order valence-corrected chi connectivity index (χ3v) is 10.6. The number of benzene rings is 1. The van der Waals surface area contributed by atoms with Gasteiger partial charge in [0.05, 0.1) is 35.2 Å². The van der Waals surface area contributed by atoms with Crippen LogP contribution >= 0.6 is 11.6 Å². The number of likely N-dealkylation sites (tertiary alicyclic amines) is 1. The SMILES string of the molecule is COC[C@@H](c1ccc(C(F)(F)F)cc1)N1CCN(C2(C)CCN(C(=O)c3c(C)ncnc3C)CC2)C[C@@H]1C.Cn1c(=O)c2[nH]c(Cl)nc2n(C)c1=O. The number of aromatic amines is 1. The number of imidazole rings is 1. The van der Waals surface area contributed by atoms with Crippen LogP contribution in [-0.4, -0.2) is 108 Å². The number of H-pyrrole nitrogens is 1. The summed E-state index contributed by atoms with van der Waals surface area (Å²) >= 11 is 5.60. The molecule has 282 valence electrons. The zero-order chi connectivity index (χ0) is 38.1. The number of rotatable bonds is 6. The molecule has 2 aliphatic heterocycles. The standard InChI is InChI=1S/C28H38F3N5O2.C7H7ClN4O2/c1-19-16-35(14-15-36(19)24(17-38-5)22-6-8-23(9-7-22)28(29,30)31)27(4)10-12-34(13-11-27)26(37)25-20(2)32-18-33-21(25)3;1-11-4-3(9-6(8)10-4)5(13)12(2)7(11)14/h6-9,18-19,24H,10-17H2,1-5H3;1-2H3,(H,9,10)/t19-,24-;/m0./s1. The zero-order valence-corrected chi connectivity index (χ0v) is 31.2. The minimum absolute atomic E-state index is 0.000198. The fourth-order valence-electron chi connectivity index (χ4n) is 7.23. The van der Waals surface area contributed by atoms with Crippen LogP contribution in [0.1, 0.15) is 65.6 Å². The lowest BCUT2D eigenvalue weighted by atomic mass is 9.86. The smallest absolute Gasteiger partial charge is 0.383 e. The van der Waals surface area contributed by atoms with Crippen molar-refractivity contribution >= 4 is 28.7 Å². The summed E-state index contributed by atoms with van der Waals surface area (Å²) < 4.78 is 46.9. The summed E-state index contributed by atoms with van der Waals surface area (Å²) in [6.45, 7) is 12.4. The van der Waals surface area contributed by atoms with E-state index >= 15 is 0 Å². The number of nitrogens with zero attached hydrogens (tertiary/aromatic N) is 8. The van der Waals surface area contributed by atoms with Gasteiger partial charge in [0.1, 0.15) is 6.33 Å². The summed E-state index contributed by atoms with van der Waals surface area (Å²) in [5, 5.41) is 0.0956. The summed E-state index contributed by atoms with van der Waals surface area (Å²) in [6, 6.07) is 5.52. The molecular formula is C35H45ClF3N9O4. The fraction of sp³-hybridized carbons (Fsp3) is 0.543. The number of methoxy groups -OCH3 is 1. The molecule has 0 aliphatic carbocycles. The number of piperazine rings is 1. The molecule has 1 N–H and O–H groups in total. The molecule has 0 unspecified atom stereocenters. The van der Waals surface area contributed by atoms with Gasteiger partial charge in [0.25, 0.3) is 11.5 Å². The molecule has 52 heavy (non-hydrogen) atoms. The number of aryl methyl sites for hydroxylation is 3. The van der Waals surface area contributed by atoms with Crippen molar-refractivity contribution in [3.05, 3.63) is 84.8 Å². The molecule has 1 aromatic carbocycles. The Bertz CT molecular complexity index is 2000. The van der Waals surface area contributed by atoms with Gasteiger partial charge in [-0.05, 0) is 69.8 Å². The molecule has 0 spiro atoms. The Morgan fingerprint density at radius 1 is 1.04 bits per heavy atom. The van der Waals surface area contributed by atoms with Crippen molar-refractivity contribution in [3.63, 3.8) is 0 Å². The van der Waals surface area contributed by atoms with Crippen molar-refractivity contribution in [2.24, 2.45) is 14.1 Å². The molecule has 0 saturated carbocycles. The largest absolute Gasteiger partial charge is 0.416 e. The van der Waals surface area contributed by atoms with Crippen molar-refractivity contribution in [2.45, 2.75) is 64.3 Å². The predicted molar refractivity (Wildman–Crippen MR) is 190 cm³/mol. The van der Waals surface area contributed by atoms with E-state index in [0.29, 0.717) is 36.6 Å². The van der Waals surface area contributed by atoms with Gasteiger partial charge in [0.15, 0.2) is 11.2 Å². The van der Waals surface area contributed by atoms with Gasteiger partial charge in [0, 0.05) is 65.5 Å². The van der Waals surface area contributed by atoms with Crippen LogP contribution in [0.5, 0.6) is 0 Å². The number of carbonyl (C=O) groups excluding carboxylic acids is 1. The van der Waals surface area contributed by atoms with Crippen LogP contribution in [0.3, 0.4) is 0 Å². The van der Waals surface area contributed by atoms with E-state index in [1.807, 2.05) is 18.7 Å². The van der Waals surface area contributed by atoms with Gasteiger partial charge in [-0.1, -0.05) is 12.1 Å². The second-order valence-corrected chi connectivity index (χ2v) is 14.1. The molecule has 6 rings (SSSR count). The first-order valence-corrected chi connectivity index (χ1v) is 17.4. The van der Waals surface area contributed by atoms with E-state index in [9.17, 15) is 27.6 Å².